The summed E-state index contributed by atoms with van der Waals surface area (Å²) in [6.45, 7) is 16.8. The number of alkyl carbamates (subject to hydrolysis) is 1. The molecule has 0 aromatic heterocycles. The maximum Gasteiger partial charge on any atom is 0.408 e. The maximum absolute atomic E-state index is 12.7. The molecule has 2 amide bonds. The van der Waals surface area contributed by atoms with E-state index in [2.05, 4.69) is 16.0 Å². The quantitative estimate of drug-likeness (QED) is 0.442. The molecule has 0 bridgehead atoms. The van der Waals surface area contributed by atoms with E-state index in [4.69, 9.17) is 10.1 Å². The number of rotatable bonds is 8. The molecule has 1 aromatic rings. The molecule has 0 fully saturated rings. The molecule has 178 valence electrons. The molecular formula is C25H40N4O3. The van der Waals surface area contributed by atoms with Crippen molar-refractivity contribution in [3.8, 4) is 0 Å². The average Bonchev–Trinajstić information content (AvgIpc) is 2.58. The van der Waals surface area contributed by atoms with Crippen LogP contribution in [0.4, 0.5) is 4.79 Å². The molecule has 0 aliphatic heterocycles. The van der Waals surface area contributed by atoms with Gasteiger partial charge >= 0.3 is 6.09 Å². The van der Waals surface area contributed by atoms with Crippen molar-refractivity contribution < 1.29 is 14.3 Å². The predicted molar refractivity (Wildman–Crippen MR) is 130 cm³/mol. The van der Waals surface area contributed by atoms with Gasteiger partial charge in [0.05, 0.1) is 0 Å². The van der Waals surface area contributed by atoms with Crippen LogP contribution in [0.1, 0.15) is 67.9 Å². The summed E-state index contributed by atoms with van der Waals surface area (Å²) in [6, 6.07) is 9.20. The monoisotopic (exact) mass is 444 g/mol. The normalized spacial score (nSPS) is 13.7. The van der Waals surface area contributed by atoms with Gasteiger partial charge in [0.15, 0.2) is 0 Å². The lowest BCUT2D eigenvalue weighted by molar-refractivity contribution is -0.122. The SMILES string of the molecule is C[C@H](NC(=O)OC(C)(C)C)C(=O)N/C(=C/C(=N)C(C)(C)Cc1ccccc1)NC(C)(C)C. The van der Waals surface area contributed by atoms with E-state index in [-0.39, 0.29) is 5.54 Å². The summed E-state index contributed by atoms with van der Waals surface area (Å²) in [5.74, 6) is -0.000926. The van der Waals surface area contributed by atoms with Crippen LogP contribution in [0.5, 0.6) is 0 Å². The summed E-state index contributed by atoms with van der Waals surface area (Å²) in [4.78, 5) is 24.7. The standard InChI is InChI=1S/C25H40N4O3/c1-17(27-22(31)32-24(5,6)7)21(30)28-20(29-23(2,3)4)15-19(26)25(8,9)16-18-13-11-10-12-14-18/h10-15,17,26,29H,16H2,1-9H3,(H,27,31)(H,28,30)/b20-15-,26-19?/t17-/m0/s1. The van der Waals surface area contributed by atoms with Gasteiger partial charge in [-0.25, -0.2) is 4.79 Å². The molecule has 7 heteroatoms. The van der Waals surface area contributed by atoms with E-state index in [9.17, 15) is 9.59 Å². The van der Waals surface area contributed by atoms with Crippen molar-refractivity contribution in [3.63, 3.8) is 0 Å². The lowest BCUT2D eigenvalue weighted by Crippen LogP contribution is -2.49. The molecule has 0 unspecified atom stereocenters. The second kappa shape index (κ2) is 10.7. The minimum absolute atomic E-state index is 0.342. The molecule has 0 radical (unpaired) electrons. The summed E-state index contributed by atoms with van der Waals surface area (Å²) >= 11 is 0. The largest absolute Gasteiger partial charge is 0.444 e. The van der Waals surface area contributed by atoms with Crippen LogP contribution in [0, 0.1) is 10.8 Å². The van der Waals surface area contributed by atoms with Crippen molar-refractivity contribution in [2.45, 2.75) is 85.9 Å². The highest BCUT2D eigenvalue weighted by Crippen LogP contribution is 2.24. The van der Waals surface area contributed by atoms with Crippen LogP contribution in [0.15, 0.2) is 42.2 Å². The zero-order valence-electron chi connectivity index (χ0n) is 21.0. The number of carbonyl (C=O) groups is 2. The Balaban J connectivity index is 2.96. The number of amides is 2. The fourth-order valence-corrected chi connectivity index (χ4v) is 2.84. The van der Waals surface area contributed by atoms with E-state index in [1.54, 1.807) is 33.8 Å². The molecule has 0 saturated heterocycles. The third-order valence-corrected chi connectivity index (χ3v) is 4.40. The summed E-state index contributed by atoms with van der Waals surface area (Å²) < 4.78 is 5.22. The number of allylic oxidation sites excluding steroid dienone is 1. The van der Waals surface area contributed by atoms with Crippen LogP contribution in [-0.4, -0.2) is 34.9 Å². The second-order valence-electron chi connectivity index (χ2n) is 10.8. The Morgan fingerprint density at radius 1 is 1.03 bits per heavy atom. The van der Waals surface area contributed by atoms with Crippen molar-refractivity contribution in [2.24, 2.45) is 5.41 Å². The Kier molecular flexibility index (Phi) is 9.06. The van der Waals surface area contributed by atoms with Crippen molar-refractivity contribution >= 4 is 17.7 Å². The summed E-state index contributed by atoms with van der Waals surface area (Å²) in [5, 5.41) is 17.3. The Bertz CT molecular complexity index is 831. The summed E-state index contributed by atoms with van der Waals surface area (Å²) in [6.07, 6.45) is 1.68. The van der Waals surface area contributed by atoms with Crippen LogP contribution in [0.2, 0.25) is 0 Å². The van der Waals surface area contributed by atoms with E-state index < -0.39 is 29.1 Å². The van der Waals surface area contributed by atoms with Gasteiger partial charge in [-0.1, -0.05) is 44.2 Å². The van der Waals surface area contributed by atoms with Crippen LogP contribution in [0.3, 0.4) is 0 Å². The van der Waals surface area contributed by atoms with Crippen LogP contribution in [-0.2, 0) is 16.0 Å². The van der Waals surface area contributed by atoms with Gasteiger partial charge in [0.1, 0.15) is 17.5 Å². The molecule has 1 rings (SSSR count). The van der Waals surface area contributed by atoms with E-state index in [0.717, 1.165) is 5.56 Å². The Labute approximate surface area is 192 Å². The average molecular weight is 445 g/mol. The molecule has 0 aliphatic carbocycles. The number of benzene rings is 1. The van der Waals surface area contributed by atoms with Gasteiger partial charge < -0.3 is 26.1 Å². The fourth-order valence-electron chi connectivity index (χ4n) is 2.84. The highest BCUT2D eigenvalue weighted by molar-refractivity contribution is 5.98. The van der Waals surface area contributed by atoms with Gasteiger partial charge in [0.2, 0.25) is 5.91 Å². The van der Waals surface area contributed by atoms with Crippen LogP contribution >= 0.6 is 0 Å². The number of ether oxygens (including phenoxy) is 1. The predicted octanol–water partition coefficient (Wildman–Crippen LogP) is 4.53. The van der Waals surface area contributed by atoms with E-state index >= 15 is 0 Å². The molecule has 0 spiro atoms. The third kappa shape index (κ3) is 10.5. The number of hydrogen-bond acceptors (Lipinski definition) is 5. The first-order valence-corrected chi connectivity index (χ1v) is 10.9. The molecule has 4 N–H and O–H groups in total. The number of nitrogens with one attached hydrogen (secondary N) is 4. The molecule has 0 saturated carbocycles. The lowest BCUT2D eigenvalue weighted by Gasteiger charge is -2.29. The first-order chi connectivity index (χ1) is 14.5. The van der Waals surface area contributed by atoms with Crippen molar-refractivity contribution in [3.05, 3.63) is 47.8 Å². The minimum Gasteiger partial charge on any atom is -0.444 e. The van der Waals surface area contributed by atoms with E-state index in [0.29, 0.717) is 18.0 Å². The fraction of sp³-hybridized carbons (Fsp3) is 0.560. The zero-order valence-corrected chi connectivity index (χ0v) is 21.0. The summed E-state index contributed by atoms with van der Waals surface area (Å²) in [7, 11) is 0. The number of hydrogen-bond donors (Lipinski definition) is 4. The van der Waals surface area contributed by atoms with Gasteiger partial charge in [0.25, 0.3) is 0 Å². The van der Waals surface area contributed by atoms with Crippen molar-refractivity contribution in [1.29, 1.82) is 5.41 Å². The molecule has 1 atom stereocenters. The van der Waals surface area contributed by atoms with Crippen molar-refractivity contribution in [1.82, 2.24) is 16.0 Å². The smallest absolute Gasteiger partial charge is 0.408 e. The second-order valence-corrected chi connectivity index (χ2v) is 10.8. The van der Waals surface area contributed by atoms with E-state index in [1.807, 2.05) is 65.0 Å². The third-order valence-electron chi connectivity index (χ3n) is 4.40. The van der Waals surface area contributed by atoms with Crippen molar-refractivity contribution in [2.75, 3.05) is 0 Å². The van der Waals surface area contributed by atoms with Gasteiger partial charge in [-0.15, -0.1) is 0 Å². The Morgan fingerprint density at radius 3 is 2.09 bits per heavy atom. The van der Waals surface area contributed by atoms with E-state index in [1.165, 1.54) is 0 Å². The first-order valence-electron chi connectivity index (χ1n) is 10.9. The maximum atomic E-state index is 12.7. The topological polar surface area (TPSA) is 103 Å². The van der Waals surface area contributed by atoms with Gasteiger partial charge in [-0.2, -0.15) is 0 Å². The first kappa shape index (κ1) is 27.2. The van der Waals surface area contributed by atoms with Gasteiger partial charge in [0, 0.05) is 16.7 Å². The Morgan fingerprint density at radius 2 is 1.59 bits per heavy atom. The Hall–Kier alpha value is -2.83. The minimum atomic E-state index is -0.818. The lowest BCUT2D eigenvalue weighted by atomic mass is 9.81. The van der Waals surface area contributed by atoms with Crippen LogP contribution in [0.25, 0.3) is 0 Å². The molecular weight excluding hydrogens is 404 g/mol. The van der Waals surface area contributed by atoms with Crippen LogP contribution < -0.4 is 16.0 Å². The number of carbonyl (C=O) groups excluding carboxylic acids is 2. The zero-order chi connectivity index (χ0) is 24.7. The van der Waals surface area contributed by atoms with Gasteiger partial charge in [-0.3, -0.25) is 4.79 Å². The van der Waals surface area contributed by atoms with Gasteiger partial charge in [-0.05, 0) is 66.5 Å². The molecule has 7 nitrogen and oxygen atoms in total. The highest BCUT2D eigenvalue weighted by atomic mass is 16.6. The molecule has 0 heterocycles. The summed E-state index contributed by atoms with van der Waals surface area (Å²) in [5.41, 5.74) is 0.0713. The molecule has 32 heavy (non-hydrogen) atoms. The molecule has 1 aromatic carbocycles. The molecule has 0 aliphatic rings. The highest BCUT2D eigenvalue weighted by Gasteiger charge is 2.26.